The second-order valence-electron chi connectivity index (χ2n) is 7.00. The van der Waals surface area contributed by atoms with E-state index >= 15 is 0 Å². The maximum absolute atomic E-state index is 11.9. The van der Waals surface area contributed by atoms with Gasteiger partial charge in [0.2, 0.25) is 0 Å². The van der Waals surface area contributed by atoms with E-state index in [1.807, 2.05) is 60.0 Å². The van der Waals surface area contributed by atoms with Crippen LogP contribution >= 0.6 is 0 Å². The van der Waals surface area contributed by atoms with Gasteiger partial charge < -0.3 is 10.1 Å². The van der Waals surface area contributed by atoms with Crippen LogP contribution in [-0.2, 0) is 4.74 Å². The number of rotatable bonds is 4. The lowest BCUT2D eigenvalue weighted by Gasteiger charge is -2.10. The molecule has 0 aliphatic heterocycles. The van der Waals surface area contributed by atoms with Gasteiger partial charge in [-0.25, -0.2) is 9.78 Å². The fraction of sp³-hybridized carbons (Fsp3) is 0.0870. The number of benzene rings is 2. The highest BCUT2D eigenvalue weighted by Crippen LogP contribution is 2.33. The van der Waals surface area contributed by atoms with Crippen molar-refractivity contribution in [3.8, 4) is 11.3 Å². The SMILES string of the molecule is COC(=O)c1cccc(Nc2c(-c3ccc4[nH]nc(C)c4c3)nc3ccccn23)c1. The fourth-order valence-corrected chi connectivity index (χ4v) is 3.59. The van der Waals surface area contributed by atoms with Crippen LogP contribution in [0.3, 0.4) is 0 Å². The first-order valence-corrected chi connectivity index (χ1v) is 9.51. The van der Waals surface area contributed by atoms with Gasteiger partial charge in [0, 0.05) is 22.8 Å². The number of methoxy groups -OCH3 is 1. The molecule has 3 aromatic heterocycles. The van der Waals surface area contributed by atoms with E-state index in [4.69, 9.17) is 9.72 Å². The molecular formula is C23H19N5O2. The number of anilines is 2. The number of hydrogen-bond donors (Lipinski definition) is 2. The number of carbonyl (C=O) groups is 1. The number of aromatic nitrogens is 4. The molecule has 2 aromatic carbocycles. The van der Waals surface area contributed by atoms with E-state index in [2.05, 4.69) is 21.6 Å². The third-order valence-corrected chi connectivity index (χ3v) is 5.10. The number of imidazole rings is 1. The summed E-state index contributed by atoms with van der Waals surface area (Å²) in [6, 6.07) is 19.2. The quantitative estimate of drug-likeness (QED) is 0.429. The van der Waals surface area contributed by atoms with Crippen LogP contribution in [0, 0.1) is 6.92 Å². The lowest BCUT2D eigenvalue weighted by Crippen LogP contribution is -2.02. The van der Waals surface area contributed by atoms with Gasteiger partial charge in [0.25, 0.3) is 0 Å². The molecular weight excluding hydrogens is 378 g/mol. The number of fused-ring (bicyclic) bond motifs is 2. The summed E-state index contributed by atoms with van der Waals surface area (Å²) >= 11 is 0. The third-order valence-electron chi connectivity index (χ3n) is 5.10. The molecule has 0 spiro atoms. The largest absolute Gasteiger partial charge is 0.465 e. The molecule has 5 rings (SSSR count). The maximum atomic E-state index is 11.9. The van der Waals surface area contributed by atoms with Crippen molar-refractivity contribution < 1.29 is 9.53 Å². The second-order valence-corrected chi connectivity index (χ2v) is 7.00. The number of H-pyrrole nitrogens is 1. The predicted octanol–water partition coefficient (Wildman–Crippen LogP) is 4.72. The van der Waals surface area contributed by atoms with E-state index in [0.29, 0.717) is 5.56 Å². The Kier molecular flexibility index (Phi) is 4.21. The van der Waals surface area contributed by atoms with Crippen molar-refractivity contribution in [2.24, 2.45) is 0 Å². The Balaban J connectivity index is 1.66. The number of aromatic amines is 1. The zero-order chi connectivity index (χ0) is 20.7. The van der Waals surface area contributed by atoms with Crippen molar-refractivity contribution in [3.63, 3.8) is 0 Å². The van der Waals surface area contributed by atoms with Crippen LogP contribution < -0.4 is 5.32 Å². The minimum absolute atomic E-state index is 0.377. The van der Waals surface area contributed by atoms with Gasteiger partial charge in [-0.15, -0.1) is 0 Å². The Morgan fingerprint density at radius 2 is 2.00 bits per heavy atom. The van der Waals surface area contributed by atoms with Gasteiger partial charge >= 0.3 is 5.97 Å². The molecule has 5 aromatic rings. The highest BCUT2D eigenvalue weighted by Gasteiger charge is 2.16. The average Bonchev–Trinajstić information content (AvgIpc) is 3.34. The molecule has 0 fully saturated rings. The number of nitrogens with one attached hydrogen (secondary N) is 2. The molecule has 0 aliphatic rings. The van der Waals surface area contributed by atoms with Gasteiger partial charge in [0.1, 0.15) is 17.2 Å². The van der Waals surface area contributed by atoms with Crippen molar-refractivity contribution >= 4 is 34.0 Å². The first-order valence-electron chi connectivity index (χ1n) is 9.51. The third kappa shape index (κ3) is 2.97. The summed E-state index contributed by atoms with van der Waals surface area (Å²) in [4.78, 5) is 16.8. The van der Waals surface area contributed by atoms with Gasteiger partial charge in [0.05, 0.1) is 23.9 Å². The number of carbonyl (C=O) groups excluding carboxylic acids is 1. The number of hydrogen-bond acceptors (Lipinski definition) is 5. The van der Waals surface area contributed by atoms with Crippen LogP contribution in [0.1, 0.15) is 16.1 Å². The van der Waals surface area contributed by atoms with E-state index in [1.165, 1.54) is 7.11 Å². The van der Waals surface area contributed by atoms with Crippen LogP contribution in [0.2, 0.25) is 0 Å². The number of pyridine rings is 1. The molecule has 7 heteroatoms. The number of nitrogens with zero attached hydrogens (tertiary/aromatic N) is 3. The van der Waals surface area contributed by atoms with E-state index in [0.717, 1.165) is 45.0 Å². The monoisotopic (exact) mass is 397 g/mol. The van der Waals surface area contributed by atoms with Crippen molar-refractivity contribution in [1.29, 1.82) is 0 Å². The number of ether oxygens (including phenoxy) is 1. The lowest BCUT2D eigenvalue weighted by molar-refractivity contribution is 0.0601. The van der Waals surface area contributed by atoms with Crippen LogP contribution in [-0.4, -0.2) is 32.7 Å². The van der Waals surface area contributed by atoms with E-state index < -0.39 is 0 Å². The Hall–Kier alpha value is -4.13. The molecule has 3 heterocycles. The number of aryl methyl sites for hydroxylation is 1. The summed E-state index contributed by atoms with van der Waals surface area (Å²) in [7, 11) is 1.37. The lowest BCUT2D eigenvalue weighted by atomic mass is 10.1. The van der Waals surface area contributed by atoms with Crippen molar-refractivity contribution in [2.75, 3.05) is 12.4 Å². The van der Waals surface area contributed by atoms with Crippen LogP contribution in [0.4, 0.5) is 11.5 Å². The highest BCUT2D eigenvalue weighted by molar-refractivity contribution is 5.92. The minimum atomic E-state index is -0.377. The molecule has 0 aliphatic carbocycles. The fourth-order valence-electron chi connectivity index (χ4n) is 3.59. The van der Waals surface area contributed by atoms with Crippen molar-refractivity contribution in [2.45, 2.75) is 6.92 Å². The van der Waals surface area contributed by atoms with E-state index in [9.17, 15) is 4.79 Å². The van der Waals surface area contributed by atoms with Gasteiger partial charge in [-0.3, -0.25) is 9.50 Å². The standard InChI is InChI=1S/C23H19N5O2/c1-14-18-13-15(9-10-19(18)27-26-14)21-22(28-11-4-3-8-20(28)25-21)24-17-7-5-6-16(12-17)23(29)30-2/h3-13,24H,1-2H3,(H,26,27). The zero-order valence-corrected chi connectivity index (χ0v) is 16.5. The molecule has 148 valence electrons. The average molecular weight is 397 g/mol. The van der Waals surface area contributed by atoms with Gasteiger partial charge in [-0.05, 0) is 49.4 Å². The van der Waals surface area contributed by atoms with Gasteiger partial charge in [-0.2, -0.15) is 5.10 Å². The highest BCUT2D eigenvalue weighted by atomic mass is 16.5. The maximum Gasteiger partial charge on any atom is 0.337 e. The first kappa shape index (κ1) is 17.9. The summed E-state index contributed by atoms with van der Waals surface area (Å²) in [5.41, 5.74) is 5.78. The number of esters is 1. The summed E-state index contributed by atoms with van der Waals surface area (Å²) in [6.07, 6.45) is 1.96. The summed E-state index contributed by atoms with van der Waals surface area (Å²) < 4.78 is 6.83. The second kappa shape index (κ2) is 7.04. The van der Waals surface area contributed by atoms with Crippen molar-refractivity contribution in [3.05, 3.63) is 78.1 Å². The predicted molar refractivity (Wildman–Crippen MR) is 116 cm³/mol. The topological polar surface area (TPSA) is 84.3 Å². The molecule has 0 atom stereocenters. The van der Waals surface area contributed by atoms with Gasteiger partial charge in [-0.1, -0.05) is 18.2 Å². The zero-order valence-electron chi connectivity index (χ0n) is 16.5. The van der Waals surface area contributed by atoms with E-state index in [1.54, 1.807) is 12.1 Å². The summed E-state index contributed by atoms with van der Waals surface area (Å²) in [6.45, 7) is 1.98. The molecule has 0 radical (unpaired) electrons. The Labute approximate surface area is 172 Å². The molecule has 0 saturated heterocycles. The molecule has 30 heavy (non-hydrogen) atoms. The first-order chi connectivity index (χ1) is 14.6. The Morgan fingerprint density at radius 3 is 2.87 bits per heavy atom. The summed E-state index contributed by atoms with van der Waals surface area (Å²) in [5, 5.41) is 11.8. The molecule has 0 amide bonds. The Morgan fingerprint density at radius 1 is 1.10 bits per heavy atom. The molecule has 7 nitrogen and oxygen atoms in total. The molecule has 0 unspecified atom stereocenters. The molecule has 0 bridgehead atoms. The summed E-state index contributed by atoms with van der Waals surface area (Å²) in [5.74, 6) is 0.436. The molecule has 0 saturated carbocycles. The van der Waals surface area contributed by atoms with E-state index in [-0.39, 0.29) is 5.97 Å². The van der Waals surface area contributed by atoms with Crippen LogP contribution in [0.15, 0.2) is 66.9 Å². The van der Waals surface area contributed by atoms with Crippen LogP contribution in [0.25, 0.3) is 27.8 Å². The Bertz CT molecular complexity index is 1400. The smallest absolute Gasteiger partial charge is 0.337 e. The molecule has 2 N–H and O–H groups in total. The van der Waals surface area contributed by atoms with Crippen LogP contribution in [0.5, 0.6) is 0 Å². The van der Waals surface area contributed by atoms with Gasteiger partial charge in [0.15, 0.2) is 0 Å². The minimum Gasteiger partial charge on any atom is -0.465 e. The van der Waals surface area contributed by atoms with Crippen molar-refractivity contribution in [1.82, 2.24) is 19.6 Å². The normalized spacial score (nSPS) is 11.1.